The van der Waals surface area contributed by atoms with Crippen molar-refractivity contribution in [1.29, 1.82) is 0 Å². The Kier molecular flexibility index (Phi) is 7.94. The van der Waals surface area contributed by atoms with Gasteiger partial charge in [0.2, 0.25) is 15.8 Å². The van der Waals surface area contributed by atoms with Crippen molar-refractivity contribution in [2.75, 3.05) is 20.2 Å². The quantitative estimate of drug-likeness (QED) is 0.338. The molecule has 2 heterocycles. The number of nitrogens with zero attached hydrogens (tertiary/aromatic N) is 3. The van der Waals surface area contributed by atoms with Gasteiger partial charge in [0.25, 0.3) is 5.89 Å². The minimum Gasteiger partial charge on any atom is -0.497 e. The van der Waals surface area contributed by atoms with Crippen molar-refractivity contribution >= 4 is 22.1 Å². The van der Waals surface area contributed by atoms with Gasteiger partial charge >= 0.3 is 5.97 Å². The first-order valence-electron chi connectivity index (χ1n) is 11.4. The van der Waals surface area contributed by atoms with Crippen LogP contribution in [0.25, 0.3) is 17.5 Å². The number of methoxy groups -OCH3 is 1. The highest BCUT2D eigenvalue weighted by Gasteiger charge is 2.24. The van der Waals surface area contributed by atoms with Crippen molar-refractivity contribution < 1.29 is 27.2 Å². The van der Waals surface area contributed by atoms with Crippen LogP contribution in [0.5, 0.6) is 5.75 Å². The fourth-order valence-electron chi connectivity index (χ4n) is 3.70. The van der Waals surface area contributed by atoms with Crippen LogP contribution in [-0.2, 0) is 26.2 Å². The number of carbonyl (C=O) groups excluding carboxylic acids is 1. The molecule has 0 bridgehead atoms. The molecular weight excluding hydrogens is 470 g/mol. The lowest BCUT2D eigenvalue weighted by Crippen LogP contribution is -2.31. The summed E-state index contributed by atoms with van der Waals surface area (Å²) in [6.45, 7) is 0.939. The summed E-state index contributed by atoms with van der Waals surface area (Å²) >= 11 is 0. The molecule has 2 aromatic carbocycles. The zero-order chi connectivity index (χ0) is 24.7. The van der Waals surface area contributed by atoms with E-state index in [2.05, 4.69) is 10.1 Å². The highest BCUT2D eigenvalue weighted by atomic mass is 32.2. The van der Waals surface area contributed by atoms with Crippen LogP contribution in [0.2, 0.25) is 0 Å². The third kappa shape index (κ3) is 6.34. The van der Waals surface area contributed by atoms with Gasteiger partial charge in [-0.1, -0.05) is 30.1 Å². The van der Waals surface area contributed by atoms with Crippen LogP contribution in [0.4, 0.5) is 0 Å². The number of benzene rings is 2. The first-order chi connectivity index (χ1) is 17.0. The minimum absolute atomic E-state index is 0.167. The second-order valence-corrected chi connectivity index (χ2v) is 10.0. The lowest BCUT2D eigenvalue weighted by molar-refractivity contribution is -0.139. The van der Waals surface area contributed by atoms with Gasteiger partial charge in [-0.3, -0.25) is 0 Å². The molecule has 0 N–H and O–H groups in total. The monoisotopic (exact) mass is 497 g/mol. The van der Waals surface area contributed by atoms with E-state index >= 15 is 0 Å². The molecule has 0 aliphatic carbocycles. The van der Waals surface area contributed by atoms with Gasteiger partial charge in [0.15, 0.2) is 6.61 Å². The number of esters is 1. The molecule has 0 spiro atoms. The average molecular weight is 498 g/mol. The summed E-state index contributed by atoms with van der Waals surface area (Å²) in [5.41, 5.74) is 1.42. The van der Waals surface area contributed by atoms with E-state index in [1.54, 1.807) is 66.0 Å². The molecule has 1 fully saturated rings. The Morgan fingerprint density at radius 2 is 1.71 bits per heavy atom. The van der Waals surface area contributed by atoms with Crippen LogP contribution in [0.3, 0.4) is 0 Å². The zero-order valence-corrected chi connectivity index (χ0v) is 20.2. The van der Waals surface area contributed by atoms with Gasteiger partial charge in [-0.2, -0.15) is 9.29 Å². The SMILES string of the molecule is COc1ccc(-c2noc(COC(=O)/C=C/c3ccc(S(=O)(=O)N4CCCCCC4)cc3)n2)cc1. The van der Waals surface area contributed by atoms with Crippen molar-refractivity contribution in [3.05, 3.63) is 66.1 Å². The van der Waals surface area contributed by atoms with Crippen molar-refractivity contribution in [1.82, 2.24) is 14.4 Å². The van der Waals surface area contributed by atoms with E-state index in [0.29, 0.717) is 30.2 Å². The standard InChI is InChI=1S/C25H27N3O6S/c1-32-21-11-9-20(10-12-21)25-26-23(34-27-25)18-33-24(29)15-8-19-6-13-22(14-7-19)35(30,31)28-16-4-2-3-5-17-28/h6-15H,2-5,16-18H2,1H3/b15-8+. The fourth-order valence-corrected chi connectivity index (χ4v) is 5.22. The van der Waals surface area contributed by atoms with Gasteiger partial charge in [-0.15, -0.1) is 0 Å². The predicted octanol–water partition coefficient (Wildman–Crippen LogP) is 4.07. The number of hydrogen-bond acceptors (Lipinski definition) is 8. The van der Waals surface area contributed by atoms with Gasteiger partial charge in [0.1, 0.15) is 5.75 Å². The van der Waals surface area contributed by atoms with Crippen LogP contribution in [-0.4, -0.2) is 49.0 Å². The first kappa shape index (κ1) is 24.6. The number of sulfonamides is 1. The van der Waals surface area contributed by atoms with E-state index in [-0.39, 0.29) is 17.4 Å². The Labute approximate surface area is 204 Å². The van der Waals surface area contributed by atoms with Gasteiger partial charge < -0.3 is 14.0 Å². The molecule has 1 aliphatic rings. The Morgan fingerprint density at radius 1 is 1.03 bits per heavy atom. The van der Waals surface area contributed by atoms with E-state index in [9.17, 15) is 13.2 Å². The molecule has 1 aromatic heterocycles. The Morgan fingerprint density at radius 3 is 2.37 bits per heavy atom. The summed E-state index contributed by atoms with van der Waals surface area (Å²) in [6.07, 6.45) is 6.70. The van der Waals surface area contributed by atoms with Crippen molar-refractivity contribution in [2.24, 2.45) is 0 Å². The summed E-state index contributed by atoms with van der Waals surface area (Å²) in [7, 11) is -1.92. The fraction of sp³-hybridized carbons (Fsp3) is 0.320. The number of aromatic nitrogens is 2. The molecule has 9 nitrogen and oxygen atoms in total. The van der Waals surface area contributed by atoms with Gasteiger partial charge in [-0.05, 0) is 60.9 Å². The molecule has 3 aromatic rings. The second kappa shape index (κ2) is 11.3. The number of carbonyl (C=O) groups is 1. The average Bonchev–Trinajstić information content (AvgIpc) is 3.18. The van der Waals surface area contributed by atoms with E-state index < -0.39 is 16.0 Å². The molecule has 0 radical (unpaired) electrons. The number of rotatable bonds is 8. The Hall–Kier alpha value is -3.50. The maximum Gasteiger partial charge on any atom is 0.331 e. The van der Waals surface area contributed by atoms with E-state index in [1.807, 2.05) is 0 Å². The minimum atomic E-state index is -3.51. The third-order valence-electron chi connectivity index (χ3n) is 5.65. The predicted molar refractivity (Wildman–Crippen MR) is 129 cm³/mol. The van der Waals surface area contributed by atoms with Gasteiger partial charge in [-0.25, -0.2) is 13.2 Å². The van der Waals surface area contributed by atoms with Crippen LogP contribution >= 0.6 is 0 Å². The molecule has 4 rings (SSSR count). The molecule has 0 atom stereocenters. The maximum atomic E-state index is 12.9. The Balaban J connectivity index is 1.30. The normalized spacial score (nSPS) is 15.1. The molecule has 0 unspecified atom stereocenters. The highest BCUT2D eigenvalue weighted by molar-refractivity contribution is 7.89. The van der Waals surface area contributed by atoms with E-state index in [1.165, 1.54) is 6.08 Å². The molecular formula is C25H27N3O6S. The van der Waals surface area contributed by atoms with Crippen molar-refractivity contribution in [3.63, 3.8) is 0 Å². The van der Waals surface area contributed by atoms with Gasteiger partial charge in [0.05, 0.1) is 12.0 Å². The summed E-state index contributed by atoms with van der Waals surface area (Å²) in [6, 6.07) is 13.6. The largest absolute Gasteiger partial charge is 0.497 e. The van der Waals surface area contributed by atoms with Crippen molar-refractivity contribution in [2.45, 2.75) is 37.2 Å². The smallest absolute Gasteiger partial charge is 0.331 e. The molecule has 35 heavy (non-hydrogen) atoms. The van der Waals surface area contributed by atoms with Gasteiger partial charge in [0, 0.05) is 24.7 Å². The topological polar surface area (TPSA) is 112 Å². The van der Waals surface area contributed by atoms with E-state index in [0.717, 1.165) is 31.2 Å². The molecule has 0 saturated carbocycles. The van der Waals surface area contributed by atoms with Crippen LogP contribution in [0.1, 0.15) is 37.1 Å². The van der Waals surface area contributed by atoms with Crippen LogP contribution in [0.15, 0.2) is 64.0 Å². The molecule has 1 saturated heterocycles. The maximum absolute atomic E-state index is 12.9. The number of hydrogen-bond donors (Lipinski definition) is 0. The van der Waals surface area contributed by atoms with Crippen molar-refractivity contribution in [3.8, 4) is 17.1 Å². The number of ether oxygens (including phenoxy) is 2. The van der Waals surface area contributed by atoms with Crippen LogP contribution in [0, 0.1) is 0 Å². The van der Waals surface area contributed by atoms with Crippen LogP contribution < -0.4 is 4.74 Å². The summed E-state index contributed by atoms with van der Waals surface area (Å²) in [5.74, 6) is 0.674. The summed E-state index contributed by atoms with van der Waals surface area (Å²) in [4.78, 5) is 16.6. The molecule has 0 amide bonds. The molecule has 1 aliphatic heterocycles. The first-order valence-corrected chi connectivity index (χ1v) is 12.8. The summed E-state index contributed by atoms with van der Waals surface area (Å²) < 4.78 is 42.7. The molecule has 184 valence electrons. The lowest BCUT2D eigenvalue weighted by atomic mass is 10.2. The summed E-state index contributed by atoms with van der Waals surface area (Å²) in [5, 5.41) is 3.89. The lowest BCUT2D eigenvalue weighted by Gasteiger charge is -2.19. The van der Waals surface area contributed by atoms with E-state index in [4.69, 9.17) is 14.0 Å². The molecule has 10 heteroatoms. The third-order valence-corrected chi connectivity index (χ3v) is 7.56. The second-order valence-electron chi connectivity index (χ2n) is 8.07. The highest BCUT2D eigenvalue weighted by Crippen LogP contribution is 2.22. The zero-order valence-electron chi connectivity index (χ0n) is 19.4. The Bertz CT molecular complexity index is 1260.